The molecule has 1 aromatic carbocycles. The van der Waals surface area contributed by atoms with Gasteiger partial charge in [-0.25, -0.2) is 0 Å². The number of rotatable bonds is 3. The summed E-state index contributed by atoms with van der Waals surface area (Å²) in [6, 6.07) is 8.49. The van der Waals surface area contributed by atoms with E-state index in [1.165, 1.54) is 16.7 Å². The highest BCUT2D eigenvalue weighted by Gasteiger charge is 2.16. The molecule has 3 nitrogen and oxygen atoms in total. The van der Waals surface area contributed by atoms with E-state index in [0.29, 0.717) is 6.54 Å². The lowest BCUT2D eigenvalue weighted by molar-refractivity contribution is 0.353. The molecular weight excluding hydrogens is 224 g/mol. The molecule has 0 aliphatic carbocycles. The van der Waals surface area contributed by atoms with Crippen molar-refractivity contribution >= 4 is 0 Å². The van der Waals surface area contributed by atoms with E-state index in [4.69, 9.17) is 10.5 Å². The van der Waals surface area contributed by atoms with Crippen LogP contribution in [0.4, 0.5) is 0 Å². The first kappa shape index (κ1) is 11.2. The maximum Gasteiger partial charge on any atom is 0.127 e. The highest BCUT2D eigenvalue weighted by molar-refractivity contribution is 5.47. The average molecular weight is 240 g/mol. The molecule has 0 radical (unpaired) electrons. The molecule has 0 unspecified atom stereocenters. The topological polar surface area (TPSA) is 48.1 Å². The van der Waals surface area contributed by atoms with Gasteiger partial charge in [0.1, 0.15) is 5.75 Å². The summed E-state index contributed by atoms with van der Waals surface area (Å²) >= 11 is 0. The predicted molar refractivity (Wildman–Crippen MR) is 70.6 cm³/mol. The molecule has 2 heterocycles. The highest BCUT2D eigenvalue weighted by atomic mass is 16.5. The second-order valence-electron chi connectivity index (χ2n) is 4.58. The standard InChI is InChI=1S/C15H16N2O/c16-10-14-9-12(7-11-1-4-17-5-2-11)8-13-3-6-18-15(13)14/h1-2,4-5,8-9H,3,6-7,10,16H2. The van der Waals surface area contributed by atoms with Gasteiger partial charge in [0.25, 0.3) is 0 Å². The van der Waals surface area contributed by atoms with E-state index in [1.807, 2.05) is 24.5 Å². The zero-order chi connectivity index (χ0) is 12.4. The fourth-order valence-corrected chi connectivity index (χ4v) is 2.45. The van der Waals surface area contributed by atoms with Gasteiger partial charge in [0.05, 0.1) is 6.61 Å². The Bertz CT molecular complexity index is 552. The summed E-state index contributed by atoms with van der Waals surface area (Å²) < 4.78 is 5.64. The number of ether oxygens (including phenoxy) is 1. The molecule has 0 spiro atoms. The van der Waals surface area contributed by atoms with Crippen LogP contribution in [0.15, 0.2) is 36.7 Å². The van der Waals surface area contributed by atoms with Crippen molar-refractivity contribution in [1.82, 2.24) is 4.98 Å². The molecule has 0 saturated heterocycles. The van der Waals surface area contributed by atoms with Crippen LogP contribution < -0.4 is 10.5 Å². The Morgan fingerprint density at radius 3 is 2.78 bits per heavy atom. The molecule has 2 N–H and O–H groups in total. The van der Waals surface area contributed by atoms with Crippen molar-refractivity contribution in [3.05, 3.63) is 58.9 Å². The zero-order valence-corrected chi connectivity index (χ0v) is 10.2. The average Bonchev–Trinajstić information content (AvgIpc) is 2.87. The molecule has 0 bridgehead atoms. The van der Waals surface area contributed by atoms with Gasteiger partial charge in [0.15, 0.2) is 0 Å². The SMILES string of the molecule is NCc1cc(Cc2ccncc2)cc2c1OCC2. The largest absolute Gasteiger partial charge is 0.493 e. The Morgan fingerprint density at radius 2 is 2.00 bits per heavy atom. The van der Waals surface area contributed by atoms with Crippen LogP contribution in [-0.4, -0.2) is 11.6 Å². The molecule has 3 rings (SSSR count). The lowest BCUT2D eigenvalue weighted by atomic mass is 9.99. The van der Waals surface area contributed by atoms with Gasteiger partial charge in [-0.3, -0.25) is 4.98 Å². The van der Waals surface area contributed by atoms with Crippen molar-refractivity contribution in [3.63, 3.8) is 0 Å². The van der Waals surface area contributed by atoms with Crippen LogP contribution in [0, 0.1) is 0 Å². The predicted octanol–water partition coefficient (Wildman–Crippen LogP) is 2.07. The van der Waals surface area contributed by atoms with Gasteiger partial charge in [0, 0.05) is 30.9 Å². The molecule has 0 fully saturated rings. The van der Waals surface area contributed by atoms with Gasteiger partial charge in [-0.1, -0.05) is 12.1 Å². The van der Waals surface area contributed by atoms with Crippen molar-refractivity contribution in [1.29, 1.82) is 0 Å². The zero-order valence-electron chi connectivity index (χ0n) is 10.2. The molecular formula is C15H16N2O. The fourth-order valence-electron chi connectivity index (χ4n) is 2.45. The van der Waals surface area contributed by atoms with Gasteiger partial charge >= 0.3 is 0 Å². The van der Waals surface area contributed by atoms with Crippen LogP contribution in [0.1, 0.15) is 22.3 Å². The first-order valence-electron chi connectivity index (χ1n) is 6.23. The van der Waals surface area contributed by atoms with Crippen LogP contribution >= 0.6 is 0 Å². The monoisotopic (exact) mass is 240 g/mol. The first-order chi connectivity index (χ1) is 8.86. The molecule has 3 heteroatoms. The van der Waals surface area contributed by atoms with Crippen LogP contribution in [0.2, 0.25) is 0 Å². The Labute approximate surface area is 107 Å². The third-order valence-electron chi connectivity index (χ3n) is 3.30. The van der Waals surface area contributed by atoms with Gasteiger partial charge in [-0.2, -0.15) is 0 Å². The lowest BCUT2D eigenvalue weighted by Gasteiger charge is -2.09. The number of nitrogens with two attached hydrogens (primary N) is 1. The minimum Gasteiger partial charge on any atom is -0.493 e. The van der Waals surface area contributed by atoms with Crippen LogP contribution in [0.5, 0.6) is 5.75 Å². The van der Waals surface area contributed by atoms with E-state index >= 15 is 0 Å². The number of aromatic nitrogens is 1. The maximum atomic E-state index is 5.80. The fraction of sp³-hybridized carbons (Fsp3) is 0.267. The summed E-state index contributed by atoms with van der Waals surface area (Å²) in [6.45, 7) is 1.31. The van der Waals surface area contributed by atoms with E-state index < -0.39 is 0 Å². The third-order valence-corrected chi connectivity index (χ3v) is 3.30. The van der Waals surface area contributed by atoms with E-state index in [1.54, 1.807) is 0 Å². The molecule has 1 aliphatic rings. The Morgan fingerprint density at radius 1 is 1.17 bits per heavy atom. The summed E-state index contributed by atoms with van der Waals surface area (Å²) in [5.74, 6) is 1.01. The van der Waals surface area contributed by atoms with Gasteiger partial charge in [0.2, 0.25) is 0 Å². The van der Waals surface area contributed by atoms with E-state index in [-0.39, 0.29) is 0 Å². The maximum absolute atomic E-state index is 5.80. The van der Waals surface area contributed by atoms with Crippen molar-refractivity contribution < 1.29 is 4.74 Å². The van der Waals surface area contributed by atoms with E-state index in [9.17, 15) is 0 Å². The Kier molecular flexibility index (Phi) is 2.99. The van der Waals surface area contributed by atoms with Gasteiger partial charge in [-0.15, -0.1) is 0 Å². The molecule has 18 heavy (non-hydrogen) atoms. The lowest BCUT2D eigenvalue weighted by Crippen LogP contribution is -2.01. The van der Waals surface area contributed by atoms with Gasteiger partial charge < -0.3 is 10.5 Å². The number of nitrogens with zero attached hydrogens (tertiary/aromatic N) is 1. The minimum atomic E-state index is 0.534. The Hall–Kier alpha value is -1.87. The smallest absolute Gasteiger partial charge is 0.127 e. The summed E-state index contributed by atoms with van der Waals surface area (Å²) in [7, 11) is 0. The third kappa shape index (κ3) is 2.09. The van der Waals surface area contributed by atoms with Gasteiger partial charge in [-0.05, 0) is 35.2 Å². The minimum absolute atomic E-state index is 0.534. The molecule has 1 aliphatic heterocycles. The summed E-state index contributed by atoms with van der Waals surface area (Å²) in [6.07, 6.45) is 5.57. The van der Waals surface area contributed by atoms with Crippen LogP contribution in [0.3, 0.4) is 0 Å². The number of pyridine rings is 1. The van der Waals surface area contributed by atoms with Crippen LogP contribution in [-0.2, 0) is 19.4 Å². The second kappa shape index (κ2) is 4.78. The number of hydrogen-bond donors (Lipinski definition) is 1. The quantitative estimate of drug-likeness (QED) is 0.893. The number of fused-ring (bicyclic) bond motifs is 1. The highest BCUT2D eigenvalue weighted by Crippen LogP contribution is 2.31. The molecule has 92 valence electrons. The van der Waals surface area contributed by atoms with Crippen molar-refractivity contribution in [2.75, 3.05) is 6.61 Å². The number of benzene rings is 1. The summed E-state index contributed by atoms with van der Waals surface area (Å²) in [5.41, 5.74) is 10.8. The first-order valence-corrected chi connectivity index (χ1v) is 6.23. The summed E-state index contributed by atoms with van der Waals surface area (Å²) in [4.78, 5) is 4.04. The normalized spacial score (nSPS) is 13.2. The second-order valence-corrected chi connectivity index (χ2v) is 4.58. The molecule has 0 atom stereocenters. The van der Waals surface area contributed by atoms with Crippen LogP contribution in [0.25, 0.3) is 0 Å². The molecule has 1 aromatic heterocycles. The molecule has 0 saturated carbocycles. The van der Waals surface area contributed by atoms with Crippen molar-refractivity contribution in [2.45, 2.75) is 19.4 Å². The molecule has 0 amide bonds. The molecule has 2 aromatic rings. The van der Waals surface area contributed by atoms with Crippen molar-refractivity contribution in [3.8, 4) is 5.75 Å². The van der Waals surface area contributed by atoms with E-state index in [0.717, 1.165) is 30.8 Å². The Balaban J connectivity index is 1.94. The van der Waals surface area contributed by atoms with Crippen molar-refractivity contribution in [2.24, 2.45) is 5.73 Å². The van der Waals surface area contributed by atoms with E-state index in [2.05, 4.69) is 17.1 Å². The summed E-state index contributed by atoms with van der Waals surface area (Å²) in [5, 5.41) is 0. The number of hydrogen-bond acceptors (Lipinski definition) is 3.